The molecule has 0 spiro atoms. The summed E-state index contributed by atoms with van der Waals surface area (Å²) in [4.78, 5) is 12.5. The minimum absolute atomic E-state index is 0.447. The predicted octanol–water partition coefficient (Wildman–Crippen LogP) is 4.70. The number of fused-ring (bicyclic) bond motifs is 1. The van der Waals surface area contributed by atoms with Crippen LogP contribution >= 0.6 is 11.6 Å². The van der Waals surface area contributed by atoms with E-state index >= 15 is 0 Å². The van der Waals surface area contributed by atoms with E-state index in [-0.39, 0.29) is 0 Å². The van der Waals surface area contributed by atoms with Crippen molar-refractivity contribution in [1.82, 2.24) is 34.5 Å². The number of H-pyrrole nitrogens is 1. The van der Waals surface area contributed by atoms with Crippen molar-refractivity contribution in [3.05, 3.63) is 58.8 Å². The maximum absolute atomic E-state index is 6.41. The summed E-state index contributed by atoms with van der Waals surface area (Å²) < 4.78 is 3.71. The molecule has 0 aliphatic heterocycles. The van der Waals surface area contributed by atoms with E-state index in [0.29, 0.717) is 22.6 Å². The van der Waals surface area contributed by atoms with Crippen molar-refractivity contribution in [2.75, 3.05) is 5.73 Å². The lowest BCUT2D eigenvalue weighted by Gasteiger charge is -2.02. The van der Waals surface area contributed by atoms with Gasteiger partial charge in [0.1, 0.15) is 17.2 Å². The summed E-state index contributed by atoms with van der Waals surface area (Å²) in [6, 6.07) is 7.74. The number of rotatable bonds is 4. The molecule has 4 aromatic heterocycles. The second-order valence-corrected chi connectivity index (χ2v) is 8.73. The molecule has 0 bridgehead atoms. The average Bonchev–Trinajstić information content (AvgIpc) is 3.46. The fraction of sp³-hybridized carbons (Fsp3) is 0.304. The summed E-state index contributed by atoms with van der Waals surface area (Å²) in [6.45, 7) is 6.59. The maximum atomic E-state index is 6.41. The Bertz CT molecular complexity index is 1360. The van der Waals surface area contributed by atoms with E-state index in [9.17, 15) is 0 Å². The number of aryl methyl sites for hydroxylation is 2. The first-order chi connectivity index (χ1) is 15.4. The number of pyridine rings is 1. The van der Waals surface area contributed by atoms with Crippen molar-refractivity contribution >= 4 is 28.5 Å². The third-order valence-corrected chi connectivity index (χ3v) is 6.26. The lowest BCUT2D eigenvalue weighted by atomic mass is 10.1. The van der Waals surface area contributed by atoms with Gasteiger partial charge in [0.15, 0.2) is 5.82 Å². The molecule has 5 rings (SSSR count). The number of aromatic nitrogens is 7. The van der Waals surface area contributed by atoms with E-state index in [0.717, 1.165) is 45.9 Å². The first-order valence-corrected chi connectivity index (χ1v) is 11.0. The predicted molar refractivity (Wildman–Crippen MR) is 126 cm³/mol. The summed E-state index contributed by atoms with van der Waals surface area (Å²) in [5.74, 6) is 1.67. The van der Waals surface area contributed by atoms with Crippen LogP contribution in [0.3, 0.4) is 0 Å². The Hall–Kier alpha value is -3.39. The van der Waals surface area contributed by atoms with Gasteiger partial charge in [-0.2, -0.15) is 10.2 Å². The van der Waals surface area contributed by atoms with Crippen LogP contribution in [0, 0.1) is 26.7 Å². The van der Waals surface area contributed by atoms with Crippen molar-refractivity contribution in [2.24, 2.45) is 5.92 Å². The van der Waals surface area contributed by atoms with Crippen LogP contribution in [0.4, 0.5) is 5.82 Å². The molecular formula is C23H25ClN8. The Morgan fingerprint density at radius 1 is 1.12 bits per heavy atom. The zero-order chi connectivity index (χ0) is 22.4. The second kappa shape index (κ2) is 7.94. The fourth-order valence-corrected chi connectivity index (χ4v) is 3.88. The average molecular weight is 449 g/mol. The van der Waals surface area contributed by atoms with Crippen molar-refractivity contribution in [1.29, 1.82) is 0 Å². The number of hydrogen-bond acceptors (Lipinski definition) is 5. The van der Waals surface area contributed by atoms with Gasteiger partial charge in [-0.15, -0.1) is 0 Å². The smallest absolute Gasteiger partial charge is 0.157 e. The van der Waals surface area contributed by atoms with Crippen LogP contribution in [0.2, 0.25) is 5.02 Å². The van der Waals surface area contributed by atoms with Crippen molar-refractivity contribution in [3.8, 4) is 17.1 Å². The topological polar surface area (TPSA) is 103 Å². The third-order valence-electron chi connectivity index (χ3n) is 5.72. The number of aromatic amines is 1. The van der Waals surface area contributed by atoms with Crippen LogP contribution in [0.1, 0.15) is 29.9 Å². The quantitative estimate of drug-likeness (QED) is 0.470. The Morgan fingerprint density at radius 3 is 2.59 bits per heavy atom. The molecule has 0 aromatic carbocycles. The minimum Gasteiger partial charge on any atom is -0.385 e. The van der Waals surface area contributed by atoms with Gasteiger partial charge >= 0.3 is 0 Å². The fourth-order valence-electron chi connectivity index (χ4n) is 3.76. The van der Waals surface area contributed by atoms with Gasteiger partial charge in [0.2, 0.25) is 0 Å². The molecule has 8 nitrogen and oxygen atoms in total. The van der Waals surface area contributed by atoms with Gasteiger partial charge in [0.25, 0.3) is 0 Å². The van der Waals surface area contributed by atoms with E-state index in [4.69, 9.17) is 22.4 Å². The van der Waals surface area contributed by atoms with Crippen LogP contribution < -0.4 is 5.73 Å². The van der Waals surface area contributed by atoms with Gasteiger partial charge in [-0.1, -0.05) is 11.6 Å². The monoisotopic (exact) mass is 448 g/mol. The van der Waals surface area contributed by atoms with Gasteiger partial charge in [-0.05, 0) is 57.7 Å². The molecule has 3 N–H and O–H groups in total. The van der Waals surface area contributed by atoms with Gasteiger partial charge in [-0.25, -0.2) is 14.3 Å². The Kier molecular flexibility index (Phi) is 5.09. The molecular weight excluding hydrogens is 424 g/mol. The highest BCUT2D eigenvalue weighted by atomic mass is 35.5. The number of nitrogens with one attached hydrogen (secondary N) is 1. The molecule has 4 heterocycles. The molecule has 9 heteroatoms. The molecule has 0 atom stereocenters. The third kappa shape index (κ3) is 3.82. The first-order valence-electron chi connectivity index (χ1n) is 10.6. The van der Waals surface area contributed by atoms with Gasteiger partial charge in [-0.3, -0.25) is 4.98 Å². The SMILES string of the molecule is Cc1ccc(-c2nn(CC3CC3)c3[nH]c(N)cc(-n4nc(C)c(Cl)c4C)nccc23)cn1. The normalized spacial score (nSPS) is 13.5. The van der Waals surface area contributed by atoms with E-state index in [2.05, 4.69) is 20.1 Å². The van der Waals surface area contributed by atoms with E-state index in [1.807, 2.05) is 49.8 Å². The summed E-state index contributed by atoms with van der Waals surface area (Å²) in [7, 11) is 0. The highest BCUT2D eigenvalue weighted by Gasteiger charge is 2.24. The molecule has 0 unspecified atom stereocenters. The van der Waals surface area contributed by atoms with Crippen LogP contribution in [-0.4, -0.2) is 34.5 Å². The number of nitrogens with zero attached hydrogens (tertiary/aromatic N) is 6. The Labute approximate surface area is 190 Å². The van der Waals surface area contributed by atoms with Gasteiger partial charge in [0, 0.05) is 41.6 Å². The lowest BCUT2D eigenvalue weighted by Crippen LogP contribution is -2.04. The number of anilines is 1. The number of hydrogen-bond donors (Lipinski definition) is 2. The van der Waals surface area contributed by atoms with Gasteiger partial charge < -0.3 is 10.7 Å². The Morgan fingerprint density at radius 2 is 1.94 bits per heavy atom. The van der Waals surface area contributed by atoms with Crippen LogP contribution in [0.15, 0.2) is 36.7 Å². The zero-order valence-electron chi connectivity index (χ0n) is 18.3. The number of nitrogen functional groups attached to an aromatic ring is 1. The van der Waals surface area contributed by atoms with Gasteiger partial charge in [0.05, 0.1) is 16.4 Å². The summed E-state index contributed by atoms with van der Waals surface area (Å²) in [5, 5.41) is 11.0. The molecule has 0 saturated heterocycles. The van der Waals surface area contributed by atoms with Crippen LogP contribution in [0.25, 0.3) is 28.1 Å². The highest BCUT2D eigenvalue weighted by molar-refractivity contribution is 6.31. The van der Waals surface area contributed by atoms with E-state index in [1.165, 1.54) is 12.8 Å². The molecule has 0 radical (unpaired) electrons. The lowest BCUT2D eigenvalue weighted by molar-refractivity contribution is 0.578. The zero-order valence-corrected chi connectivity index (χ0v) is 19.1. The highest BCUT2D eigenvalue weighted by Crippen LogP contribution is 2.33. The van der Waals surface area contributed by atoms with Crippen molar-refractivity contribution in [2.45, 2.75) is 40.2 Å². The summed E-state index contributed by atoms with van der Waals surface area (Å²) in [5.41, 5.74) is 11.6. The number of halogens is 1. The molecule has 4 aromatic rings. The molecule has 0 amide bonds. The molecule has 1 aliphatic rings. The maximum Gasteiger partial charge on any atom is 0.157 e. The van der Waals surface area contributed by atoms with E-state index < -0.39 is 0 Å². The van der Waals surface area contributed by atoms with Crippen molar-refractivity contribution in [3.63, 3.8) is 0 Å². The second-order valence-electron chi connectivity index (χ2n) is 8.35. The molecule has 32 heavy (non-hydrogen) atoms. The van der Waals surface area contributed by atoms with E-state index in [1.54, 1.807) is 16.9 Å². The molecule has 1 saturated carbocycles. The molecule has 1 fully saturated rings. The molecule has 164 valence electrons. The van der Waals surface area contributed by atoms with Crippen molar-refractivity contribution < 1.29 is 0 Å². The Balaban J connectivity index is 1.74. The molecule has 1 aliphatic carbocycles. The largest absolute Gasteiger partial charge is 0.385 e. The minimum atomic E-state index is 0.447. The van der Waals surface area contributed by atoms with Crippen LogP contribution in [0.5, 0.6) is 0 Å². The first kappa shape index (κ1) is 20.5. The summed E-state index contributed by atoms with van der Waals surface area (Å²) in [6.07, 6.45) is 6.06. The summed E-state index contributed by atoms with van der Waals surface area (Å²) >= 11 is 6.35. The standard InChI is InChI=1S/C23H25ClN8/c1-13-4-7-17(11-27-13)22-18-8-9-26-20(32-15(3)21(24)14(2)29-32)10-19(25)28-23(18)31(30-22)12-16-5-6-16/h4,7-11,16,28H,5-6,12,25H2,1-3H3. The van der Waals surface area contributed by atoms with Crippen LogP contribution in [-0.2, 0) is 6.54 Å². The number of nitrogens with two attached hydrogens (primary N) is 1.